The number of aryl methyl sites for hydroxylation is 3. The number of anilines is 2. The van der Waals surface area contributed by atoms with Gasteiger partial charge in [0.2, 0.25) is 0 Å². The summed E-state index contributed by atoms with van der Waals surface area (Å²) in [6.07, 6.45) is 0. The van der Waals surface area contributed by atoms with E-state index in [0.717, 1.165) is 16.8 Å². The van der Waals surface area contributed by atoms with Gasteiger partial charge in [-0.25, -0.2) is 12.8 Å². The molecule has 0 aliphatic carbocycles. The molecule has 8 heteroatoms. The maximum Gasteiger partial charge on any atom is 0.262 e. The fourth-order valence-corrected chi connectivity index (χ4v) is 4.03. The van der Waals surface area contributed by atoms with Gasteiger partial charge in [0.25, 0.3) is 15.9 Å². The van der Waals surface area contributed by atoms with Crippen LogP contribution in [0.15, 0.2) is 65.6 Å². The van der Waals surface area contributed by atoms with Gasteiger partial charge in [0.05, 0.1) is 4.90 Å². The molecule has 0 aromatic heterocycles. The van der Waals surface area contributed by atoms with Crippen LogP contribution in [-0.4, -0.2) is 20.9 Å². The molecule has 1 amide bonds. The molecule has 0 unspecified atom stereocenters. The van der Waals surface area contributed by atoms with Crippen LogP contribution in [-0.2, 0) is 14.8 Å². The van der Waals surface area contributed by atoms with E-state index in [1.807, 2.05) is 32.0 Å². The molecular weight excluding hydrogens is 419 g/mol. The number of sulfonamides is 1. The average Bonchev–Trinajstić information content (AvgIpc) is 2.71. The lowest BCUT2D eigenvalue weighted by Crippen LogP contribution is -2.21. The summed E-state index contributed by atoms with van der Waals surface area (Å²) in [5, 5.41) is 2.81. The first-order valence-corrected chi connectivity index (χ1v) is 11.0. The third-order valence-electron chi connectivity index (χ3n) is 4.58. The summed E-state index contributed by atoms with van der Waals surface area (Å²) >= 11 is 0. The highest BCUT2D eigenvalue weighted by Crippen LogP contribution is 2.24. The second kappa shape index (κ2) is 9.18. The molecule has 0 radical (unpaired) electrons. The first kappa shape index (κ1) is 22.3. The van der Waals surface area contributed by atoms with Crippen molar-refractivity contribution in [2.24, 2.45) is 0 Å². The molecule has 162 valence electrons. The number of halogens is 1. The Kier molecular flexibility index (Phi) is 6.60. The number of hydrogen-bond donors (Lipinski definition) is 2. The lowest BCUT2D eigenvalue weighted by Gasteiger charge is -2.13. The van der Waals surface area contributed by atoms with Gasteiger partial charge in [-0.05, 0) is 86.0 Å². The van der Waals surface area contributed by atoms with E-state index in [-0.39, 0.29) is 23.1 Å². The molecule has 0 aliphatic rings. The third-order valence-corrected chi connectivity index (χ3v) is 5.96. The van der Waals surface area contributed by atoms with Crippen LogP contribution in [0.2, 0.25) is 0 Å². The Morgan fingerprint density at radius 3 is 2.32 bits per heavy atom. The number of rotatable bonds is 7. The minimum absolute atomic E-state index is 0.0292. The predicted molar refractivity (Wildman–Crippen MR) is 118 cm³/mol. The van der Waals surface area contributed by atoms with Crippen LogP contribution in [0, 0.1) is 26.6 Å². The van der Waals surface area contributed by atoms with Gasteiger partial charge in [-0.15, -0.1) is 0 Å². The SMILES string of the molecule is Cc1ccc(C)c(NC(=O)COc2ccc(S(=O)(=O)Nc3ccc(F)cc3)cc2C)c1. The molecule has 0 aliphatic heterocycles. The number of amides is 1. The number of hydrogen-bond acceptors (Lipinski definition) is 4. The lowest BCUT2D eigenvalue weighted by molar-refractivity contribution is -0.118. The van der Waals surface area contributed by atoms with E-state index in [1.165, 1.54) is 42.5 Å². The van der Waals surface area contributed by atoms with Crippen molar-refractivity contribution in [2.45, 2.75) is 25.7 Å². The van der Waals surface area contributed by atoms with Crippen LogP contribution in [0.1, 0.15) is 16.7 Å². The maximum atomic E-state index is 13.0. The van der Waals surface area contributed by atoms with Crippen LogP contribution in [0.3, 0.4) is 0 Å². The first-order valence-electron chi connectivity index (χ1n) is 9.53. The van der Waals surface area contributed by atoms with Gasteiger partial charge in [-0.3, -0.25) is 9.52 Å². The Bertz CT molecular complexity index is 1210. The van der Waals surface area contributed by atoms with Crippen molar-refractivity contribution in [2.75, 3.05) is 16.6 Å². The number of nitrogens with one attached hydrogen (secondary N) is 2. The van der Waals surface area contributed by atoms with Gasteiger partial charge in [-0.1, -0.05) is 12.1 Å². The Morgan fingerprint density at radius 1 is 0.935 bits per heavy atom. The van der Waals surface area contributed by atoms with Gasteiger partial charge in [0.1, 0.15) is 11.6 Å². The summed E-state index contributed by atoms with van der Waals surface area (Å²) in [5.41, 5.74) is 3.50. The van der Waals surface area contributed by atoms with Gasteiger partial charge >= 0.3 is 0 Å². The molecule has 6 nitrogen and oxygen atoms in total. The second-order valence-corrected chi connectivity index (χ2v) is 8.88. The largest absolute Gasteiger partial charge is 0.483 e. The molecule has 3 aromatic rings. The molecule has 0 heterocycles. The number of ether oxygens (including phenoxy) is 1. The van der Waals surface area contributed by atoms with E-state index in [1.54, 1.807) is 6.92 Å². The zero-order valence-electron chi connectivity index (χ0n) is 17.4. The van der Waals surface area contributed by atoms with Crippen LogP contribution >= 0.6 is 0 Å². The molecule has 0 spiro atoms. The quantitative estimate of drug-likeness (QED) is 0.561. The van der Waals surface area contributed by atoms with E-state index in [9.17, 15) is 17.6 Å². The van der Waals surface area contributed by atoms with Gasteiger partial charge in [-0.2, -0.15) is 0 Å². The highest BCUT2D eigenvalue weighted by Gasteiger charge is 2.16. The van der Waals surface area contributed by atoms with E-state index >= 15 is 0 Å². The molecule has 0 bridgehead atoms. The topological polar surface area (TPSA) is 84.5 Å². The van der Waals surface area contributed by atoms with Crippen LogP contribution < -0.4 is 14.8 Å². The molecule has 0 saturated heterocycles. The van der Waals surface area contributed by atoms with Crippen molar-refractivity contribution >= 4 is 27.3 Å². The Hall–Kier alpha value is -3.39. The molecule has 0 atom stereocenters. The summed E-state index contributed by atoms with van der Waals surface area (Å²) < 4.78 is 46.1. The molecule has 0 saturated carbocycles. The Balaban J connectivity index is 1.65. The van der Waals surface area contributed by atoms with Crippen molar-refractivity contribution < 1.29 is 22.3 Å². The van der Waals surface area contributed by atoms with Gasteiger partial charge in [0.15, 0.2) is 6.61 Å². The summed E-state index contributed by atoms with van der Waals surface area (Å²) in [5.74, 6) is -0.374. The predicted octanol–water partition coefficient (Wildman–Crippen LogP) is 4.57. The molecule has 31 heavy (non-hydrogen) atoms. The van der Waals surface area contributed by atoms with Crippen molar-refractivity contribution in [1.29, 1.82) is 0 Å². The number of benzene rings is 3. The molecular formula is C23H23FN2O4S. The van der Waals surface area contributed by atoms with Crippen molar-refractivity contribution in [1.82, 2.24) is 0 Å². The fourth-order valence-electron chi connectivity index (χ4n) is 2.88. The zero-order valence-corrected chi connectivity index (χ0v) is 18.2. The minimum Gasteiger partial charge on any atom is -0.483 e. The summed E-state index contributed by atoms with van der Waals surface area (Å²) in [4.78, 5) is 12.3. The normalized spacial score (nSPS) is 11.1. The molecule has 0 fully saturated rings. The summed E-state index contributed by atoms with van der Waals surface area (Å²) in [6, 6.07) is 15.1. The highest BCUT2D eigenvalue weighted by atomic mass is 32.2. The Labute approximate surface area is 181 Å². The summed E-state index contributed by atoms with van der Waals surface area (Å²) in [7, 11) is -3.85. The van der Waals surface area contributed by atoms with E-state index in [4.69, 9.17) is 4.74 Å². The zero-order chi connectivity index (χ0) is 22.6. The van der Waals surface area contributed by atoms with Crippen molar-refractivity contribution in [3.63, 3.8) is 0 Å². The lowest BCUT2D eigenvalue weighted by atomic mass is 10.1. The third kappa shape index (κ3) is 5.82. The van der Waals surface area contributed by atoms with Crippen LogP contribution in [0.25, 0.3) is 0 Å². The highest BCUT2D eigenvalue weighted by molar-refractivity contribution is 7.92. The number of carbonyl (C=O) groups excluding carboxylic acids is 1. The molecule has 2 N–H and O–H groups in total. The van der Waals surface area contributed by atoms with E-state index in [2.05, 4.69) is 10.0 Å². The fraction of sp³-hybridized carbons (Fsp3) is 0.174. The number of carbonyl (C=O) groups is 1. The van der Waals surface area contributed by atoms with Crippen LogP contribution in [0.4, 0.5) is 15.8 Å². The monoisotopic (exact) mass is 442 g/mol. The average molecular weight is 443 g/mol. The van der Waals surface area contributed by atoms with E-state index < -0.39 is 15.8 Å². The van der Waals surface area contributed by atoms with Crippen molar-refractivity contribution in [3.05, 3.63) is 83.2 Å². The smallest absolute Gasteiger partial charge is 0.262 e. The maximum absolute atomic E-state index is 13.0. The van der Waals surface area contributed by atoms with E-state index in [0.29, 0.717) is 11.3 Å². The van der Waals surface area contributed by atoms with Crippen molar-refractivity contribution in [3.8, 4) is 5.75 Å². The second-order valence-electron chi connectivity index (χ2n) is 7.19. The van der Waals surface area contributed by atoms with Gasteiger partial charge < -0.3 is 10.1 Å². The van der Waals surface area contributed by atoms with Gasteiger partial charge in [0, 0.05) is 11.4 Å². The summed E-state index contributed by atoms with van der Waals surface area (Å²) in [6.45, 7) is 5.32. The Morgan fingerprint density at radius 2 is 1.65 bits per heavy atom. The molecule has 3 rings (SSSR count). The molecule has 3 aromatic carbocycles. The minimum atomic E-state index is -3.85. The van der Waals surface area contributed by atoms with Crippen LogP contribution in [0.5, 0.6) is 5.75 Å². The standard InChI is InChI=1S/C23H23FN2O4S/c1-15-4-5-16(2)21(12-15)25-23(27)14-30-22-11-10-20(13-17(22)3)31(28,29)26-19-8-6-18(24)7-9-19/h4-13,26H,14H2,1-3H3,(H,25,27). The first-order chi connectivity index (χ1) is 14.6.